The average Bonchev–Trinajstić information content (AvgIpc) is 3.20. The van der Waals surface area contributed by atoms with Gasteiger partial charge in [-0.05, 0) is 47.4 Å². The number of aromatic amines is 1. The van der Waals surface area contributed by atoms with Crippen LogP contribution in [-0.4, -0.2) is 26.5 Å². The van der Waals surface area contributed by atoms with Crippen LogP contribution in [0.25, 0.3) is 21.9 Å². The Morgan fingerprint density at radius 1 is 1.04 bits per heavy atom. The van der Waals surface area contributed by atoms with E-state index in [1.54, 1.807) is 6.07 Å². The largest absolute Gasteiger partial charge is 0.485 e. The molecular weight excluding hydrogens is 354 g/mol. The number of hydrogen-bond acceptors (Lipinski definition) is 5. The third-order valence-corrected chi connectivity index (χ3v) is 4.70. The first-order valence-corrected chi connectivity index (χ1v) is 8.83. The molecule has 0 aliphatic heterocycles. The van der Waals surface area contributed by atoms with Gasteiger partial charge >= 0.3 is 0 Å². The van der Waals surface area contributed by atoms with Crippen LogP contribution >= 0.6 is 0 Å². The lowest BCUT2D eigenvalue weighted by molar-refractivity contribution is 0.0997. The summed E-state index contributed by atoms with van der Waals surface area (Å²) in [5.41, 5.74) is 10.5. The molecule has 0 aliphatic carbocycles. The number of benzene rings is 3. The van der Waals surface area contributed by atoms with Crippen molar-refractivity contribution in [3.05, 3.63) is 71.0 Å². The second kappa shape index (κ2) is 7.11. The number of nitrogens with two attached hydrogens (primary N) is 1. The van der Waals surface area contributed by atoms with Gasteiger partial charge in [-0.2, -0.15) is 5.21 Å². The van der Waals surface area contributed by atoms with Crippen molar-refractivity contribution in [1.82, 2.24) is 20.6 Å². The Morgan fingerprint density at radius 3 is 2.46 bits per heavy atom. The van der Waals surface area contributed by atoms with Gasteiger partial charge in [0.15, 0.2) is 6.61 Å². The maximum atomic E-state index is 12.3. The number of nitrogens with one attached hydrogen (secondary N) is 1. The van der Waals surface area contributed by atoms with Crippen molar-refractivity contribution in [3.8, 4) is 16.9 Å². The normalized spacial score (nSPS) is 10.9. The lowest BCUT2D eigenvalue weighted by Gasteiger charge is -2.16. The Bertz CT molecular complexity index is 1150. The number of rotatable bonds is 5. The number of ether oxygens (including phenoxy) is 1. The highest BCUT2D eigenvalue weighted by Crippen LogP contribution is 2.36. The number of H-pyrrole nitrogens is 1. The Morgan fingerprint density at radius 2 is 1.79 bits per heavy atom. The summed E-state index contributed by atoms with van der Waals surface area (Å²) in [6.07, 6.45) is 0. The van der Waals surface area contributed by atoms with Crippen LogP contribution in [0.3, 0.4) is 0 Å². The minimum absolute atomic E-state index is 0.0823. The number of nitrogens with zero attached hydrogens (tertiary/aromatic N) is 3. The molecule has 0 radical (unpaired) electrons. The molecule has 0 bridgehead atoms. The standard InChI is InChI=1S/C21H19N5O2/c1-12-3-6-14(7-4-12)19-13(2)5-8-16-15(19)9-10-17(20(16)21(22)27)28-11-18-23-25-26-24-18/h3-10H,11H2,1-2H3,(H2,22,27)(H,23,24,25,26). The van der Waals surface area contributed by atoms with Gasteiger partial charge in [0.05, 0.1) is 5.56 Å². The molecular formula is C21H19N5O2. The summed E-state index contributed by atoms with van der Waals surface area (Å²) >= 11 is 0. The fourth-order valence-electron chi connectivity index (χ4n) is 3.36. The summed E-state index contributed by atoms with van der Waals surface area (Å²) in [7, 11) is 0. The van der Waals surface area contributed by atoms with Crippen LogP contribution in [0.2, 0.25) is 0 Å². The molecule has 4 rings (SSSR count). The van der Waals surface area contributed by atoms with Gasteiger partial charge in [0.2, 0.25) is 5.82 Å². The maximum absolute atomic E-state index is 12.3. The lowest BCUT2D eigenvalue weighted by atomic mass is 9.91. The van der Waals surface area contributed by atoms with E-state index >= 15 is 0 Å². The van der Waals surface area contributed by atoms with E-state index in [2.05, 4.69) is 58.7 Å². The number of primary amides is 1. The van der Waals surface area contributed by atoms with Crippen LogP contribution < -0.4 is 10.5 Å². The summed E-state index contributed by atoms with van der Waals surface area (Å²) in [6.45, 7) is 4.19. The molecule has 1 amide bonds. The zero-order valence-corrected chi connectivity index (χ0v) is 15.6. The third kappa shape index (κ3) is 3.18. The number of aromatic nitrogens is 4. The molecule has 28 heavy (non-hydrogen) atoms. The SMILES string of the molecule is Cc1ccc(-c2c(C)ccc3c(C(N)=O)c(OCc4nn[nH]n4)ccc23)cc1. The molecule has 7 heteroatoms. The van der Waals surface area contributed by atoms with Gasteiger partial charge < -0.3 is 10.5 Å². The first-order valence-electron chi connectivity index (χ1n) is 8.83. The molecule has 7 nitrogen and oxygen atoms in total. The Balaban J connectivity index is 1.86. The van der Waals surface area contributed by atoms with E-state index in [-0.39, 0.29) is 6.61 Å². The highest BCUT2D eigenvalue weighted by molar-refractivity contribution is 6.12. The van der Waals surface area contributed by atoms with Crippen molar-refractivity contribution in [1.29, 1.82) is 0 Å². The summed E-state index contributed by atoms with van der Waals surface area (Å²) in [5, 5.41) is 15.3. The number of aryl methyl sites for hydroxylation is 2. The van der Waals surface area contributed by atoms with E-state index in [0.29, 0.717) is 17.1 Å². The zero-order valence-electron chi connectivity index (χ0n) is 15.6. The van der Waals surface area contributed by atoms with Crippen molar-refractivity contribution in [2.45, 2.75) is 20.5 Å². The Kier molecular flexibility index (Phi) is 4.49. The van der Waals surface area contributed by atoms with Crippen LogP contribution in [0.5, 0.6) is 5.75 Å². The molecule has 3 aromatic carbocycles. The third-order valence-electron chi connectivity index (χ3n) is 4.70. The molecule has 1 aromatic heterocycles. The fourth-order valence-corrected chi connectivity index (χ4v) is 3.36. The van der Waals surface area contributed by atoms with Crippen LogP contribution in [0, 0.1) is 13.8 Å². The Hall–Kier alpha value is -3.74. The van der Waals surface area contributed by atoms with E-state index in [1.807, 2.05) is 18.2 Å². The van der Waals surface area contributed by atoms with E-state index in [4.69, 9.17) is 10.5 Å². The maximum Gasteiger partial charge on any atom is 0.253 e. The zero-order chi connectivity index (χ0) is 19.7. The number of amides is 1. The van der Waals surface area contributed by atoms with Crippen LogP contribution in [0.15, 0.2) is 48.5 Å². The number of tetrazole rings is 1. The van der Waals surface area contributed by atoms with Gasteiger partial charge in [0, 0.05) is 0 Å². The van der Waals surface area contributed by atoms with E-state index in [9.17, 15) is 4.79 Å². The topological polar surface area (TPSA) is 107 Å². The first-order chi connectivity index (χ1) is 13.5. The summed E-state index contributed by atoms with van der Waals surface area (Å²) in [4.78, 5) is 12.3. The van der Waals surface area contributed by atoms with E-state index < -0.39 is 5.91 Å². The fraction of sp³-hybridized carbons (Fsp3) is 0.143. The van der Waals surface area contributed by atoms with Crippen LogP contribution in [-0.2, 0) is 6.61 Å². The van der Waals surface area contributed by atoms with Gasteiger partial charge in [0.1, 0.15) is 5.75 Å². The van der Waals surface area contributed by atoms with Crippen molar-refractivity contribution in [3.63, 3.8) is 0 Å². The van der Waals surface area contributed by atoms with Crippen LogP contribution in [0.1, 0.15) is 27.3 Å². The van der Waals surface area contributed by atoms with Crippen molar-refractivity contribution >= 4 is 16.7 Å². The van der Waals surface area contributed by atoms with Crippen molar-refractivity contribution in [2.75, 3.05) is 0 Å². The van der Waals surface area contributed by atoms with Gasteiger partial charge in [-0.25, -0.2) is 0 Å². The highest BCUT2D eigenvalue weighted by Gasteiger charge is 2.18. The molecule has 4 aromatic rings. The highest BCUT2D eigenvalue weighted by atomic mass is 16.5. The van der Waals surface area contributed by atoms with E-state index in [1.165, 1.54) is 5.56 Å². The van der Waals surface area contributed by atoms with Gasteiger partial charge in [-0.1, -0.05) is 53.2 Å². The Labute approximate surface area is 161 Å². The average molecular weight is 373 g/mol. The number of fused-ring (bicyclic) bond motifs is 1. The molecule has 0 spiro atoms. The van der Waals surface area contributed by atoms with Gasteiger partial charge in [0.25, 0.3) is 5.91 Å². The molecule has 0 unspecified atom stereocenters. The molecule has 0 saturated heterocycles. The van der Waals surface area contributed by atoms with Crippen molar-refractivity contribution in [2.24, 2.45) is 5.73 Å². The number of hydrogen-bond donors (Lipinski definition) is 2. The molecule has 0 saturated carbocycles. The summed E-state index contributed by atoms with van der Waals surface area (Å²) < 4.78 is 5.76. The smallest absolute Gasteiger partial charge is 0.253 e. The molecule has 1 heterocycles. The second-order valence-corrected chi connectivity index (χ2v) is 6.64. The number of carbonyl (C=O) groups excluding carboxylic acids is 1. The quantitative estimate of drug-likeness (QED) is 0.558. The number of carbonyl (C=O) groups is 1. The predicted molar refractivity (Wildman–Crippen MR) is 106 cm³/mol. The minimum atomic E-state index is -0.549. The monoisotopic (exact) mass is 373 g/mol. The molecule has 0 aliphatic rings. The van der Waals surface area contributed by atoms with Gasteiger partial charge in [-0.3, -0.25) is 4.79 Å². The first kappa shape index (κ1) is 17.7. The van der Waals surface area contributed by atoms with Crippen molar-refractivity contribution < 1.29 is 9.53 Å². The van der Waals surface area contributed by atoms with Crippen LogP contribution in [0.4, 0.5) is 0 Å². The molecule has 0 fully saturated rings. The molecule has 140 valence electrons. The molecule has 0 atom stereocenters. The lowest BCUT2D eigenvalue weighted by Crippen LogP contribution is -2.14. The summed E-state index contributed by atoms with van der Waals surface area (Å²) in [6, 6.07) is 15.9. The summed E-state index contributed by atoms with van der Waals surface area (Å²) in [5.74, 6) is 0.232. The van der Waals surface area contributed by atoms with E-state index in [0.717, 1.165) is 27.5 Å². The second-order valence-electron chi connectivity index (χ2n) is 6.64. The molecule has 3 N–H and O–H groups in total. The minimum Gasteiger partial charge on any atom is -0.485 e. The van der Waals surface area contributed by atoms with Gasteiger partial charge in [-0.15, -0.1) is 10.2 Å². The predicted octanol–water partition coefficient (Wildman–Crippen LogP) is 3.31.